The first-order chi connectivity index (χ1) is 19.8. The summed E-state index contributed by atoms with van der Waals surface area (Å²) in [6.45, 7) is 6.38. The van der Waals surface area contributed by atoms with E-state index in [9.17, 15) is 4.79 Å². The van der Waals surface area contributed by atoms with E-state index in [0.717, 1.165) is 52.3 Å². The summed E-state index contributed by atoms with van der Waals surface area (Å²) < 4.78 is 5.65. The number of aromatic nitrogens is 4. The molecule has 7 heteroatoms. The van der Waals surface area contributed by atoms with E-state index in [2.05, 4.69) is 64.6 Å². The van der Waals surface area contributed by atoms with Crippen molar-refractivity contribution in [3.8, 4) is 22.4 Å². The maximum Gasteiger partial charge on any atom is 0.410 e. The average molecular weight is 548 g/mol. The largest absolute Gasteiger partial charge is 0.444 e. The van der Waals surface area contributed by atoms with E-state index in [4.69, 9.17) is 14.7 Å². The van der Waals surface area contributed by atoms with Crippen LogP contribution in [0.3, 0.4) is 0 Å². The van der Waals surface area contributed by atoms with Crippen LogP contribution in [-0.4, -0.2) is 43.1 Å². The monoisotopic (exact) mass is 547 g/mol. The highest BCUT2D eigenvalue weighted by atomic mass is 16.6. The third-order valence-corrected chi connectivity index (χ3v) is 8.52. The summed E-state index contributed by atoms with van der Waals surface area (Å²) in [5.74, 6) is 2.54. The average Bonchev–Trinajstić information content (AvgIpc) is 3.77. The van der Waals surface area contributed by atoms with Crippen molar-refractivity contribution in [3.05, 3.63) is 72.4 Å². The van der Waals surface area contributed by atoms with Crippen molar-refractivity contribution in [2.45, 2.75) is 76.9 Å². The number of nitrogens with zero attached hydrogens (tertiary/aromatic N) is 3. The minimum Gasteiger partial charge on any atom is -0.444 e. The van der Waals surface area contributed by atoms with Gasteiger partial charge in [-0.15, -0.1) is 0 Å². The van der Waals surface area contributed by atoms with Crippen LogP contribution in [0.4, 0.5) is 4.79 Å². The van der Waals surface area contributed by atoms with Crippen molar-refractivity contribution in [2.75, 3.05) is 6.54 Å². The fraction of sp³-hybridized carbons (Fsp3) is 0.382. The Balaban J connectivity index is 1.13. The highest BCUT2D eigenvalue weighted by Gasteiger charge is 2.35. The van der Waals surface area contributed by atoms with Crippen LogP contribution in [0.2, 0.25) is 0 Å². The van der Waals surface area contributed by atoms with Crippen LogP contribution in [0.1, 0.15) is 82.9 Å². The molecule has 7 nitrogen and oxygen atoms in total. The molecule has 1 aliphatic carbocycles. The van der Waals surface area contributed by atoms with E-state index in [-0.39, 0.29) is 12.1 Å². The first kappa shape index (κ1) is 25.8. The second-order valence-corrected chi connectivity index (χ2v) is 12.6. The number of ether oxygens (including phenoxy) is 1. The molecule has 2 fully saturated rings. The number of hydrogen-bond acceptors (Lipinski definition) is 4. The lowest BCUT2D eigenvalue weighted by Gasteiger charge is -2.27. The van der Waals surface area contributed by atoms with E-state index in [1.807, 2.05) is 27.0 Å². The van der Waals surface area contributed by atoms with Crippen molar-refractivity contribution in [3.63, 3.8) is 0 Å². The number of carbonyl (C=O) groups is 1. The van der Waals surface area contributed by atoms with Crippen LogP contribution in [0.15, 0.2) is 60.8 Å². The topological polar surface area (TPSA) is 86.9 Å². The van der Waals surface area contributed by atoms with Crippen LogP contribution in [0.5, 0.6) is 0 Å². The van der Waals surface area contributed by atoms with Crippen LogP contribution < -0.4 is 0 Å². The number of amides is 1. The summed E-state index contributed by atoms with van der Waals surface area (Å²) in [6, 6.07) is 19.5. The van der Waals surface area contributed by atoms with Crippen LogP contribution >= 0.6 is 0 Å². The van der Waals surface area contributed by atoms with Gasteiger partial charge in [-0.1, -0.05) is 43.2 Å². The van der Waals surface area contributed by atoms with Crippen molar-refractivity contribution < 1.29 is 9.53 Å². The molecule has 2 N–H and O–H groups in total. The summed E-state index contributed by atoms with van der Waals surface area (Å²) in [5, 5.41) is 2.41. The second-order valence-electron chi connectivity index (χ2n) is 12.6. The Hall–Kier alpha value is -4.13. The second kappa shape index (κ2) is 10.1. The maximum absolute atomic E-state index is 12.8. The normalized spacial score (nSPS) is 18.1. The van der Waals surface area contributed by atoms with Gasteiger partial charge in [0.25, 0.3) is 0 Å². The number of nitrogens with one attached hydrogen (secondary N) is 2. The fourth-order valence-electron chi connectivity index (χ4n) is 6.44. The quantitative estimate of drug-likeness (QED) is 0.236. The first-order valence-electron chi connectivity index (χ1n) is 14.9. The summed E-state index contributed by atoms with van der Waals surface area (Å²) in [6.07, 6.45) is 8.61. The van der Waals surface area contributed by atoms with E-state index < -0.39 is 5.60 Å². The number of carbonyl (C=O) groups excluding carboxylic acids is 1. The van der Waals surface area contributed by atoms with Gasteiger partial charge in [-0.3, -0.25) is 4.90 Å². The third-order valence-electron chi connectivity index (χ3n) is 8.52. The number of likely N-dealkylation sites (tertiary alicyclic amines) is 1. The Kier molecular flexibility index (Phi) is 6.33. The first-order valence-corrected chi connectivity index (χ1v) is 14.9. The maximum atomic E-state index is 12.8. The number of hydrogen-bond donors (Lipinski definition) is 2. The molecule has 0 unspecified atom stereocenters. The zero-order valence-electron chi connectivity index (χ0n) is 24.0. The van der Waals surface area contributed by atoms with Crippen LogP contribution in [-0.2, 0) is 4.74 Å². The molecule has 0 bridgehead atoms. The van der Waals surface area contributed by atoms with E-state index >= 15 is 0 Å². The number of rotatable bonds is 4. The third kappa shape index (κ3) is 5.09. The number of H-pyrrole nitrogens is 2. The molecular formula is C34H37N5O2. The van der Waals surface area contributed by atoms with Gasteiger partial charge in [0.1, 0.15) is 17.2 Å². The lowest BCUT2D eigenvalue weighted by Crippen LogP contribution is -2.36. The van der Waals surface area contributed by atoms with Crippen LogP contribution in [0.25, 0.3) is 44.2 Å². The predicted molar refractivity (Wildman–Crippen MR) is 163 cm³/mol. The van der Waals surface area contributed by atoms with Gasteiger partial charge in [-0.2, -0.15) is 0 Å². The van der Waals surface area contributed by atoms with Gasteiger partial charge >= 0.3 is 6.09 Å². The van der Waals surface area contributed by atoms with Gasteiger partial charge in [0, 0.05) is 18.0 Å². The molecule has 2 aliphatic rings. The van der Waals surface area contributed by atoms with Crippen LogP contribution in [0, 0.1) is 0 Å². The predicted octanol–water partition coefficient (Wildman–Crippen LogP) is 8.50. The SMILES string of the molecule is CC(C)(C)OC(=O)N1CCC[C@H]1c1nc2ccc(-c3ccc4cc(-c5cnc(C6CCCC6)[nH]5)ccc4c3)cc2[nH]1. The number of fused-ring (bicyclic) bond motifs is 2. The molecule has 3 heterocycles. The summed E-state index contributed by atoms with van der Waals surface area (Å²) in [5.41, 5.74) is 5.90. The molecule has 1 amide bonds. The lowest BCUT2D eigenvalue weighted by atomic mass is 9.99. The highest BCUT2D eigenvalue weighted by molar-refractivity contribution is 5.91. The van der Waals surface area contributed by atoms with Gasteiger partial charge < -0.3 is 14.7 Å². The minimum atomic E-state index is -0.522. The number of imidazole rings is 2. The molecular weight excluding hydrogens is 510 g/mol. The molecule has 7 rings (SSSR count). The summed E-state index contributed by atoms with van der Waals surface area (Å²) in [7, 11) is 0. The fourth-order valence-corrected chi connectivity index (χ4v) is 6.44. The van der Waals surface area contributed by atoms with Crippen molar-refractivity contribution in [2.24, 2.45) is 0 Å². The van der Waals surface area contributed by atoms with E-state index in [0.29, 0.717) is 12.5 Å². The molecule has 1 saturated heterocycles. The highest BCUT2D eigenvalue weighted by Crippen LogP contribution is 2.36. The molecule has 2 aromatic heterocycles. The Morgan fingerprint density at radius 2 is 1.56 bits per heavy atom. The molecule has 5 aromatic rings. The molecule has 3 aromatic carbocycles. The zero-order chi connectivity index (χ0) is 28.1. The molecule has 0 spiro atoms. The minimum absolute atomic E-state index is 0.0975. The van der Waals surface area contributed by atoms with Gasteiger partial charge in [0.05, 0.1) is 29.0 Å². The van der Waals surface area contributed by atoms with E-state index in [1.54, 1.807) is 4.90 Å². The smallest absolute Gasteiger partial charge is 0.410 e. The van der Waals surface area contributed by atoms with Crippen molar-refractivity contribution >= 4 is 27.9 Å². The van der Waals surface area contributed by atoms with Gasteiger partial charge in [0.15, 0.2) is 0 Å². The van der Waals surface area contributed by atoms with E-state index in [1.165, 1.54) is 42.0 Å². The Morgan fingerprint density at radius 1 is 0.854 bits per heavy atom. The molecule has 0 radical (unpaired) electrons. The lowest BCUT2D eigenvalue weighted by molar-refractivity contribution is 0.0219. The molecule has 210 valence electrons. The standard InChI is InChI=1S/C34H37N5O2/c1-34(2,3)41-33(40)39-16-6-9-30(39)32-36-27-15-14-25(19-28(27)37-32)23-10-11-24-18-26(13-12-22(24)17-23)29-20-35-31(38-29)21-7-4-5-8-21/h10-15,17-21,30H,4-9,16H2,1-3H3,(H,35,38)(H,36,37)/t30-/m0/s1. The van der Waals surface area contributed by atoms with Crippen molar-refractivity contribution in [1.82, 2.24) is 24.8 Å². The molecule has 41 heavy (non-hydrogen) atoms. The molecule has 1 aliphatic heterocycles. The number of aromatic amines is 2. The summed E-state index contributed by atoms with van der Waals surface area (Å²) >= 11 is 0. The number of benzene rings is 3. The Bertz CT molecular complexity index is 1740. The van der Waals surface area contributed by atoms with Crippen molar-refractivity contribution in [1.29, 1.82) is 0 Å². The summed E-state index contributed by atoms with van der Waals surface area (Å²) in [4.78, 5) is 31.3. The van der Waals surface area contributed by atoms with Gasteiger partial charge in [-0.05, 0) is 92.6 Å². The molecule has 1 atom stereocenters. The molecule has 1 saturated carbocycles. The zero-order valence-corrected chi connectivity index (χ0v) is 24.0. The Labute approximate surface area is 240 Å². The van der Waals surface area contributed by atoms with Gasteiger partial charge in [-0.25, -0.2) is 14.8 Å². The Morgan fingerprint density at radius 3 is 2.34 bits per heavy atom. The van der Waals surface area contributed by atoms with Gasteiger partial charge in [0.2, 0.25) is 0 Å².